The van der Waals surface area contributed by atoms with Crippen LogP contribution >= 0.6 is 0 Å². The van der Waals surface area contributed by atoms with Gasteiger partial charge in [0.1, 0.15) is 5.69 Å². The van der Waals surface area contributed by atoms with Gasteiger partial charge in [-0.25, -0.2) is 0 Å². The Hall–Kier alpha value is -3.31. The molecule has 0 spiro atoms. The molecule has 3 aromatic heterocycles. The molecule has 0 saturated carbocycles. The topological polar surface area (TPSA) is 111 Å². The molecule has 0 aromatic carbocycles. The molecule has 0 fully saturated rings. The third-order valence-corrected chi connectivity index (χ3v) is 2.93. The first-order valence-corrected chi connectivity index (χ1v) is 6.69. The molecule has 0 aliphatic heterocycles. The summed E-state index contributed by atoms with van der Waals surface area (Å²) in [6.45, 7) is 0. The van der Waals surface area contributed by atoms with E-state index in [4.69, 9.17) is 4.52 Å². The quantitative estimate of drug-likeness (QED) is 0.701. The Bertz CT molecular complexity index is 918. The van der Waals surface area contributed by atoms with Crippen molar-refractivity contribution < 1.29 is 27.0 Å². The molecule has 9 nitrogen and oxygen atoms in total. The fourth-order valence-corrected chi connectivity index (χ4v) is 1.76. The summed E-state index contributed by atoms with van der Waals surface area (Å²) < 4.78 is 46.7. The van der Waals surface area contributed by atoms with Gasteiger partial charge in [0, 0.05) is 25.9 Å². The van der Waals surface area contributed by atoms with Crippen LogP contribution in [0.2, 0.25) is 0 Å². The molecule has 12 heteroatoms. The van der Waals surface area contributed by atoms with Gasteiger partial charge in [-0.3, -0.25) is 9.78 Å². The highest BCUT2D eigenvalue weighted by Crippen LogP contribution is 2.30. The van der Waals surface area contributed by atoms with Crippen LogP contribution in [0.25, 0.3) is 23.0 Å². The molecule has 0 aliphatic rings. The summed E-state index contributed by atoms with van der Waals surface area (Å²) in [7, 11) is 3.04. The number of carbonyl (C=O) groups is 1. The molecular formula is C13H9F3N6O3. The highest BCUT2D eigenvalue weighted by molar-refractivity contribution is 5.90. The molecule has 0 atom stereocenters. The van der Waals surface area contributed by atoms with Gasteiger partial charge >= 0.3 is 12.1 Å². The summed E-state index contributed by atoms with van der Waals surface area (Å²) >= 11 is 0. The largest absolute Gasteiger partial charge is 0.471 e. The molecule has 0 bridgehead atoms. The van der Waals surface area contributed by atoms with E-state index in [2.05, 4.69) is 29.8 Å². The zero-order valence-electron chi connectivity index (χ0n) is 12.8. The number of nitrogens with zero attached hydrogens (tertiary/aromatic N) is 6. The molecule has 0 saturated heterocycles. The minimum atomic E-state index is -4.74. The van der Waals surface area contributed by atoms with Crippen molar-refractivity contribution in [2.24, 2.45) is 0 Å². The Labute approximate surface area is 137 Å². The number of pyridine rings is 1. The van der Waals surface area contributed by atoms with Crippen molar-refractivity contribution in [2.45, 2.75) is 6.18 Å². The second-order valence-electron chi connectivity index (χ2n) is 4.97. The minimum Gasteiger partial charge on any atom is -0.342 e. The van der Waals surface area contributed by atoms with Gasteiger partial charge in [0.2, 0.25) is 5.82 Å². The summed E-state index contributed by atoms with van der Waals surface area (Å²) in [5.74, 6) is -2.46. The Balaban J connectivity index is 1.92. The van der Waals surface area contributed by atoms with E-state index >= 15 is 0 Å². The number of rotatable bonds is 3. The first-order valence-electron chi connectivity index (χ1n) is 6.69. The molecule has 0 N–H and O–H groups in total. The first kappa shape index (κ1) is 16.5. The van der Waals surface area contributed by atoms with E-state index in [0.717, 1.165) is 0 Å². The summed E-state index contributed by atoms with van der Waals surface area (Å²) in [4.78, 5) is 24.2. The van der Waals surface area contributed by atoms with Crippen molar-refractivity contribution in [3.63, 3.8) is 0 Å². The number of hydrogen-bond donors (Lipinski definition) is 0. The highest BCUT2D eigenvalue weighted by Gasteiger charge is 2.38. The van der Waals surface area contributed by atoms with Crippen LogP contribution in [0.3, 0.4) is 0 Å². The Morgan fingerprint density at radius 3 is 2.56 bits per heavy atom. The minimum absolute atomic E-state index is 0.0772. The zero-order chi connectivity index (χ0) is 18.2. The molecule has 3 heterocycles. The van der Waals surface area contributed by atoms with Crippen LogP contribution in [-0.2, 0) is 6.18 Å². The van der Waals surface area contributed by atoms with Crippen molar-refractivity contribution in [3.8, 4) is 23.0 Å². The zero-order valence-corrected chi connectivity index (χ0v) is 12.8. The second kappa shape index (κ2) is 5.96. The fraction of sp³-hybridized carbons (Fsp3) is 0.231. The van der Waals surface area contributed by atoms with E-state index in [9.17, 15) is 18.0 Å². The summed E-state index contributed by atoms with van der Waals surface area (Å²) in [6, 6.07) is 2.72. The standard InChI is InChI=1S/C13H9F3N6O3/c1-22(2)11(23)9-18-10(24-21-9)7-5-6(3-4-17-7)8-19-12(25-20-8)13(14,15)16/h3-5H,1-2H3. The van der Waals surface area contributed by atoms with E-state index in [-0.39, 0.29) is 28.8 Å². The van der Waals surface area contributed by atoms with Gasteiger partial charge < -0.3 is 13.9 Å². The molecule has 0 radical (unpaired) electrons. The molecule has 1 amide bonds. The SMILES string of the molecule is CN(C)C(=O)c1noc(-c2cc(-c3noc(C(F)(F)F)n3)ccn2)n1. The van der Waals surface area contributed by atoms with E-state index in [1.807, 2.05) is 0 Å². The number of carbonyl (C=O) groups excluding carboxylic acids is 1. The third-order valence-electron chi connectivity index (χ3n) is 2.93. The van der Waals surface area contributed by atoms with Gasteiger partial charge in [0.05, 0.1) is 0 Å². The van der Waals surface area contributed by atoms with Gasteiger partial charge in [-0.15, -0.1) is 0 Å². The van der Waals surface area contributed by atoms with E-state index in [1.54, 1.807) is 0 Å². The number of amides is 1. The van der Waals surface area contributed by atoms with Gasteiger partial charge in [-0.05, 0) is 12.1 Å². The maximum absolute atomic E-state index is 12.5. The number of halogens is 3. The summed E-state index contributed by atoms with van der Waals surface area (Å²) in [5.41, 5.74) is 0.337. The van der Waals surface area contributed by atoms with E-state index in [0.29, 0.717) is 0 Å². The van der Waals surface area contributed by atoms with Gasteiger partial charge in [-0.1, -0.05) is 10.3 Å². The summed E-state index contributed by atoms with van der Waals surface area (Å²) in [6.07, 6.45) is -3.44. The lowest BCUT2D eigenvalue weighted by Crippen LogP contribution is -2.22. The molecule has 130 valence electrons. The Morgan fingerprint density at radius 2 is 1.92 bits per heavy atom. The average molecular weight is 354 g/mol. The normalized spacial score (nSPS) is 11.6. The van der Waals surface area contributed by atoms with E-state index < -0.39 is 18.0 Å². The number of hydrogen-bond acceptors (Lipinski definition) is 8. The highest BCUT2D eigenvalue weighted by atomic mass is 19.4. The van der Waals surface area contributed by atoms with Crippen LogP contribution < -0.4 is 0 Å². The van der Waals surface area contributed by atoms with Crippen molar-refractivity contribution in [3.05, 3.63) is 30.0 Å². The van der Waals surface area contributed by atoms with Gasteiger partial charge in [0.25, 0.3) is 17.6 Å². The molecular weight excluding hydrogens is 345 g/mol. The molecule has 25 heavy (non-hydrogen) atoms. The Kier molecular flexibility index (Phi) is 3.94. The molecule has 3 aromatic rings. The molecule has 3 rings (SSSR count). The van der Waals surface area contributed by atoms with Crippen LogP contribution in [0.5, 0.6) is 0 Å². The number of aromatic nitrogens is 5. The first-order chi connectivity index (χ1) is 11.8. The fourth-order valence-electron chi connectivity index (χ4n) is 1.76. The lowest BCUT2D eigenvalue weighted by Gasteiger charge is -2.04. The van der Waals surface area contributed by atoms with Crippen molar-refractivity contribution in [2.75, 3.05) is 14.1 Å². The van der Waals surface area contributed by atoms with Crippen molar-refractivity contribution >= 4 is 5.91 Å². The van der Waals surface area contributed by atoms with E-state index in [1.165, 1.54) is 37.3 Å². The van der Waals surface area contributed by atoms with Crippen molar-refractivity contribution in [1.29, 1.82) is 0 Å². The Morgan fingerprint density at radius 1 is 1.16 bits per heavy atom. The lowest BCUT2D eigenvalue weighted by atomic mass is 10.2. The lowest BCUT2D eigenvalue weighted by molar-refractivity contribution is -0.159. The second-order valence-corrected chi connectivity index (χ2v) is 4.97. The van der Waals surface area contributed by atoms with Gasteiger partial charge in [-0.2, -0.15) is 23.1 Å². The predicted octanol–water partition coefficient (Wildman–Crippen LogP) is 1.90. The molecule has 0 unspecified atom stereocenters. The summed E-state index contributed by atoms with van der Waals surface area (Å²) in [5, 5.41) is 6.82. The van der Waals surface area contributed by atoms with Crippen LogP contribution in [0.4, 0.5) is 13.2 Å². The van der Waals surface area contributed by atoms with Crippen molar-refractivity contribution in [1.82, 2.24) is 30.2 Å². The third kappa shape index (κ3) is 3.32. The smallest absolute Gasteiger partial charge is 0.342 e. The maximum atomic E-state index is 12.5. The molecule has 0 aliphatic carbocycles. The average Bonchev–Trinajstić information content (AvgIpc) is 3.23. The van der Waals surface area contributed by atoms with Crippen LogP contribution in [0, 0.1) is 0 Å². The van der Waals surface area contributed by atoms with Gasteiger partial charge in [0.15, 0.2) is 0 Å². The van der Waals surface area contributed by atoms with Crippen LogP contribution in [0.15, 0.2) is 27.4 Å². The van der Waals surface area contributed by atoms with Crippen LogP contribution in [0.1, 0.15) is 16.5 Å². The maximum Gasteiger partial charge on any atom is 0.471 e. The van der Waals surface area contributed by atoms with Crippen LogP contribution in [-0.4, -0.2) is 50.2 Å². The number of alkyl halides is 3. The monoisotopic (exact) mass is 354 g/mol. The predicted molar refractivity (Wildman–Crippen MR) is 73.8 cm³/mol.